The second-order valence-electron chi connectivity index (χ2n) is 4.42. The summed E-state index contributed by atoms with van der Waals surface area (Å²) in [5.74, 6) is 2.42. The molecule has 1 aromatic rings. The third-order valence-electron chi connectivity index (χ3n) is 3.09. The second kappa shape index (κ2) is 5.98. The van der Waals surface area contributed by atoms with Gasteiger partial charge in [0.1, 0.15) is 0 Å². The van der Waals surface area contributed by atoms with Crippen LogP contribution in [0.3, 0.4) is 0 Å². The zero-order chi connectivity index (χ0) is 12.3. The van der Waals surface area contributed by atoms with Gasteiger partial charge in [0.15, 0.2) is 0 Å². The molecule has 0 aliphatic carbocycles. The first-order valence-electron chi connectivity index (χ1n) is 6.00. The lowest BCUT2D eigenvalue weighted by Gasteiger charge is -2.36. The number of hydrogen-bond donors (Lipinski definition) is 1. The van der Waals surface area contributed by atoms with Crippen LogP contribution in [0.2, 0.25) is 5.02 Å². The summed E-state index contributed by atoms with van der Waals surface area (Å²) in [5.41, 5.74) is 2.62. The maximum Gasteiger partial charge on any atom is 0.0415 e. The predicted octanol–water partition coefficient (Wildman–Crippen LogP) is 3.00. The van der Waals surface area contributed by atoms with Crippen LogP contribution in [0, 0.1) is 0 Å². The molecule has 1 unspecified atom stereocenters. The molecule has 1 heterocycles. The van der Waals surface area contributed by atoms with Crippen molar-refractivity contribution in [2.45, 2.75) is 19.5 Å². The molecule has 0 saturated carbocycles. The molecule has 1 N–H and O–H groups in total. The third kappa shape index (κ3) is 3.09. The Balaban J connectivity index is 2.29. The topological polar surface area (TPSA) is 15.3 Å². The van der Waals surface area contributed by atoms with Crippen molar-refractivity contribution >= 4 is 29.1 Å². The Hall–Kier alpha value is -0.380. The minimum Gasteiger partial charge on any atom is -0.367 e. The van der Waals surface area contributed by atoms with Crippen LogP contribution in [-0.4, -0.2) is 31.1 Å². The second-order valence-corrected chi connectivity index (χ2v) is 6.01. The molecule has 1 atom stereocenters. The molecule has 2 nitrogen and oxygen atoms in total. The number of thioether (sulfide) groups is 1. The first-order chi connectivity index (χ1) is 8.22. The van der Waals surface area contributed by atoms with E-state index in [9.17, 15) is 0 Å². The van der Waals surface area contributed by atoms with Gasteiger partial charge in [-0.15, -0.1) is 0 Å². The van der Waals surface area contributed by atoms with Crippen molar-refractivity contribution in [2.75, 3.05) is 30.0 Å². The number of anilines is 1. The molecular weight excluding hydrogens is 252 g/mol. The third-order valence-corrected chi connectivity index (χ3v) is 4.51. The Morgan fingerprint density at radius 3 is 3.06 bits per heavy atom. The highest BCUT2D eigenvalue weighted by Gasteiger charge is 2.20. The summed E-state index contributed by atoms with van der Waals surface area (Å²) in [6.45, 7) is 4.29. The van der Waals surface area contributed by atoms with Gasteiger partial charge in [-0.3, -0.25) is 0 Å². The van der Waals surface area contributed by atoms with E-state index < -0.39 is 0 Å². The monoisotopic (exact) mass is 270 g/mol. The lowest BCUT2D eigenvalue weighted by atomic mass is 10.1. The molecule has 1 aliphatic rings. The SMILES string of the molecule is CNCc1cc(Cl)ccc1N1CCSCC1C. The van der Waals surface area contributed by atoms with Gasteiger partial charge in [0, 0.05) is 41.3 Å². The van der Waals surface area contributed by atoms with Crippen molar-refractivity contribution in [1.29, 1.82) is 0 Å². The fourth-order valence-electron chi connectivity index (χ4n) is 2.25. The molecule has 1 saturated heterocycles. The van der Waals surface area contributed by atoms with Crippen LogP contribution in [0.5, 0.6) is 0 Å². The fraction of sp³-hybridized carbons (Fsp3) is 0.538. The van der Waals surface area contributed by atoms with Crippen LogP contribution in [0.25, 0.3) is 0 Å². The van der Waals surface area contributed by atoms with Crippen molar-refractivity contribution in [1.82, 2.24) is 5.32 Å². The lowest BCUT2D eigenvalue weighted by molar-refractivity contribution is 0.691. The summed E-state index contributed by atoms with van der Waals surface area (Å²) < 4.78 is 0. The lowest BCUT2D eigenvalue weighted by Crippen LogP contribution is -2.41. The number of hydrogen-bond acceptors (Lipinski definition) is 3. The Labute approximate surface area is 113 Å². The summed E-state index contributed by atoms with van der Waals surface area (Å²) in [4.78, 5) is 2.50. The highest BCUT2D eigenvalue weighted by atomic mass is 35.5. The summed E-state index contributed by atoms with van der Waals surface area (Å²) in [6.07, 6.45) is 0. The van der Waals surface area contributed by atoms with Gasteiger partial charge in [-0.25, -0.2) is 0 Å². The number of nitrogens with zero attached hydrogens (tertiary/aromatic N) is 1. The van der Waals surface area contributed by atoms with E-state index in [1.807, 2.05) is 24.9 Å². The smallest absolute Gasteiger partial charge is 0.0415 e. The minimum atomic E-state index is 0.602. The fourth-order valence-corrected chi connectivity index (χ4v) is 3.46. The molecule has 94 valence electrons. The molecule has 0 spiro atoms. The van der Waals surface area contributed by atoms with E-state index in [1.54, 1.807) is 0 Å². The van der Waals surface area contributed by atoms with Gasteiger partial charge in [0.2, 0.25) is 0 Å². The predicted molar refractivity (Wildman–Crippen MR) is 78.3 cm³/mol. The Bertz CT molecular complexity index is 384. The van der Waals surface area contributed by atoms with Crippen LogP contribution in [0.4, 0.5) is 5.69 Å². The van der Waals surface area contributed by atoms with E-state index in [1.165, 1.54) is 22.8 Å². The van der Waals surface area contributed by atoms with E-state index in [2.05, 4.69) is 29.3 Å². The van der Waals surface area contributed by atoms with E-state index in [4.69, 9.17) is 11.6 Å². The van der Waals surface area contributed by atoms with Gasteiger partial charge in [-0.2, -0.15) is 11.8 Å². The Morgan fingerprint density at radius 2 is 2.35 bits per heavy atom. The van der Waals surface area contributed by atoms with Crippen molar-refractivity contribution in [2.24, 2.45) is 0 Å². The summed E-state index contributed by atoms with van der Waals surface area (Å²) in [7, 11) is 1.97. The molecule has 17 heavy (non-hydrogen) atoms. The van der Waals surface area contributed by atoms with Gasteiger partial charge in [-0.05, 0) is 37.7 Å². The highest BCUT2D eigenvalue weighted by molar-refractivity contribution is 7.99. The molecule has 1 fully saturated rings. The van der Waals surface area contributed by atoms with E-state index in [-0.39, 0.29) is 0 Å². The van der Waals surface area contributed by atoms with Crippen molar-refractivity contribution in [3.8, 4) is 0 Å². The van der Waals surface area contributed by atoms with Gasteiger partial charge in [-0.1, -0.05) is 11.6 Å². The maximum absolute atomic E-state index is 6.08. The summed E-state index contributed by atoms with van der Waals surface area (Å²) in [5, 5.41) is 4.03. The molecule has 0 amide bonds. The highest BCUT2D eigenvalue weighted by Crippen LogP contribution is 2.29. The molecule has 1 aliphatic heterocycles. The summed E-state index contributed by atoms with van der Waals surface area (Å²) >= 11 is 8.12. The molecule has 0 radical (unpaired) electrons. The number of benzene rings is 1. The van der Waals surface area contributed by atoms with Crippen LogP contribution in [0.15, 0.2) is 18.2 Å². The number of halogens is 1. The molecule has 2 rings (SSSR count). The Kier molecular flexibility index (Phi) is 4.60. The average molecular weight is 271 g/mol. The molecule has 1 aromatic carbocycles. The first-order valence-corrected chi connectivity index (χ1v) is 7.53. The summed E-state index contributed by atoms with van der Waals surface area (Å²) in [6, 6.07) is 6.82. The normalized spacial score (nSPS) is 20.6. The van der Waals surface area contributed by atoms with Gasteiger partial charge < -0.3 is 10.2 Å². The quantitative estimate of drug-likeness (QED) is 0.909. The van der Waals surface area contributed by atoms with Crippen LogP contribution >= 0.6 is 23.4 Å². The van der Waals surface area contributed by atoms with E-state index in [0.29, 0.717) is 6.04 Å². The van der Waals surface area contributed by atoms with Crippen LogP contribution in [0.1, 0.15) is 12.5 Å². The molecular formula is C13H19ClN2S. The number of nitrogens with one attached hydrogen (secondary N) is 1. The van der Waals surface area contributed by atoms with Crippen LogP contribution in [-0.2, 0) is 6.54 Å². The zero-order valence-electron chi connectivity index (χ0n) is 10.4. The van der Waals surface area contributed by atoms with E-state index in [0.717, 1.165) is 18.1 Å². The standard InChI is InChI=1S/C13H19ClN2S/c1-10-9-17-6-5-16(10)13-4-3-12(14)7-11(13)8-15-2/h3-4,7,10,15H,5-6,8-9H2,1-2H3. The van der Waals surface area contributed by atoms with Gasteiger partial charge >= 0.3 is 0 Å². The van der Waals surface area contributed by atoms with Crippen molar-refractivity contribution in [3.63, 3.8) is 0 Å². The molecule has 4 heteroatoms. The van der Waals surface area contributed by atoms with Crippen molar-refractivity contribution in [3.05, 3.63) is 28.8 Å². The molecule has 0 aromatic heterocycles. The maximum atomic E-state index is 6.08. The van der Waals surface area contributed by atoms with E-state index >= 15 is 0 Å². The van der Waals surface area contributed by atoms with Crippen LogP contribution < -0.4 is 10.2 Å². The minimum absolute atomic E-state index is 0.602. The van der Waals surface area contributed by atoms with Gasteiger partial charge in [0.25, 0.3) is 0 Å². The van der Waals surface area contributed by atoms with Crippen molar-refractivity contribution < 1.29 is 0 Å². The van der Waals surface area contributed by atoms with Gasteiger partial charge in [0.05, 0.1) is 0 Å². The first kappa shape index (κ1) is 13.1. The number of rotatable bonds is 3. The average Bonchev–Trinajstić information content (AvgIpc) is 2.31. The largest absolute Gasteiger partial charge is 0.367 e. The zero-order valence-corrected chi connectivity index (χ0v) is 11.9. The molecule has 0 bridgehead atoms. The Morgan fingerprint density at radius 1 is 1.53 bits per heavy atom.